The fourth-order valence-electron chi connectivity index (χ4n) is 3.74. The molecule has 3 aromatic carbocycles. The maximum atomic E-state index is 12.4. The number of nitrogens with zero attached hydrogens (tertiary/aromatic N) is 4. The highest BCUT2D eigenvalue weighted by molar-refractivity contribution is 5.99. The van der Waals surface area contributed by atoms with Crippen molar-refractivity contribution < 1.29 is 14.5 Å². The predicted octanol–water partition coefficient (Wildman–Crippen LogP) is 4.59. The van der Waals surface area contributed by atoms with Crippen LogP contribution in [0.5, 0.6) is 11.5 Å². The Morgan fingerprint density at radius 1 is 0.909 bits per heavy atom. The maximum absolute atomic E-state index is 12.4. The van der Waals surface area contributed by atoms with Crippen molar-refractivity contribution in [2.24, 2.45) is 5.73 Å². The summed E-state index contributed by atoms with van der Waals surface area (Å²) in [5, 5.41) is 15.3. The van der Waals surface area contributed by atoms with Crippen molar-refractivity contribution in [3.05, 3.63) is 107 Å². The molecule has 0 unspecified atom stereocenters. The monoisotopic (exact) mass is 439 g/mol. The van der Waals surface area contributed by atoms with E-state index >= 15 is 0 Å². The fourth-order valence-corrected chi connectivity index (χ4v) is 3.74. The molecule has 0 aliphatic rings. The Morgan fingerprint density at radius 3 is 2.21 bits per heavy atom. The number of nitro groups is 1. The molecule has 0 fully saturated rings. The molecule has 162 valence electrons. The van der Waals surface area contributed by atoms with Crippen molar-refractivity contribution in [1.82, 2.24) is 14.2 Å². The van der Waals surface area contributed by atoms with Crippen molar-refractivity contribution in [3.63, 3.8) is 0 Å². The van der Waals surface area contributed by atoms with E-state index in [0.717, 1.165) is 0 Å². The number of hydrogen-bond acceptors (Lipinski definition) is 5. The molecule has 9 nitrogen and oxygen atoms in total. The van der Waals surface area contributed by atoms with Crippen LogP contribution in [0, 0.1) is 10.1 Å². The van der Waals surface area contributed by atoms with E-state index in [2.05, 4.69) is 5.10 Å². The van der Waals surface area contributed by atoms with E-state index < -0.39 is 10.8 Å². The molecule has 33 heavy (non-hydrogen) atoms. The highest BCUT2D eigenvalue weighted by atomic mass is 16.6. The highest BCUT2D eigenvalue weighted by Crippen LogP contribution is 2.33. The second-order valence-corrected chi connectivity index (χ2v) is 7.21. The first-order valence-corrected chi connectivity index (χ1v) is 9.99. The third kappa shape index (κ3) is 3.57. The van der Waals surface area contributed by atoms with Gasteiger partial charge in [0.05, 0.1) is 16.8 Å². The molecule has 5 rings (SSSR count). The van der Waals surface area contributed by atoms with Crippen LogP contribution in [0.25, 0.3) is 22.6 Å². The Bertz CT molecular complexity index is 1470. The molecule has 0 aliphatic heterocycles. The molecule has 0 saturated carbocycles. The standard InChI is InChI=1S/C24H17N5O4/c25-24(30)23-22(16-6-12-20(13-7-16)33-19-4-2-1-3-5-19)27(21-14-15-26-28(21)23)17-8-10-18(11-9-17)29(31)32/h1-15H,(H2,25,30). The van der Waals surface area contributed by atoms with Gasteiger partial charge in [0.15, 0.2) is 5.69 Å². The van der Waals surface area contributed by atoms with Crippen molar-refractivity contribution in [1.29, 1.82) is 0 Å². The van der Waals surface area contributed by atoms with Crippen molar-refractivity contribution >= 4 is 17.2 Å². The van der Waals surface area contributed by atoms with Crippen LogP contribution in [0.2, 0.25) is 0 Å². The SMILES string of the molecule is NC(=O)c1c(-c2ccc(Oc3ccccc3)cc2)n(-c2ccc([N+](=O)[O-])cc2)c2ccnn12. The van der Waals surface area contributed by atoms with E-state index in [9.17, 15) is 14.9 Å². The molecule has 2 heterocycles. The summed E-state index contributed by atoms with van der Waals surface area (Å²) in [5.74, 6) is 0.684. The number of hydrogen-bond donors (Lipinski definition) is 1. The second kappa shape index (κ2) is 7.97. The van der Waals surface area contributed by atoms with Gasteiger partial charge in [-0.05, 0) is 48.5 Å². The van der Waals surface area contributed by atoms with Crippen LogP contribution in [0.1, 0.15) is 10.5 Å². The zero-order chi connectivity index (χ0) is 22.9. The molecule has 1 amide bonds. The van der Waals surface area contributed by atoms with Gasteiger partial charge in [0.1, 0.15) is 17.1 Å². The molecule has 0 atom stereocenters. The summed E-state index contributed by atoms with van der Waals surface area (Å²) in [6, 6.07) is 24.4. The van der Waals surface area contributed by atoms with E-state index in [1.807, 2.05) is 42.5 Å². The minimum absolute atomic E-state index is 0.0328. The summed E-state index contributed by atoms with van der Waals surface area (Å²) in [5.41, 5.74) is 8.34. The van der Waals surface area contributed by atoms with Gasteiger partial charge in [-0.2, -0.15) is 5.10 Å². The number of imidazole rings is 1. The predicted molar refractivity (Wildman–Crippen MR) is 122 cm³/mol. The number of carbonyl (C=O) groups excluding carboxylic acids is 1. The summed E-state index contributed by atoms with van der Waals surface area (Å²) in [7, 11) is 0. The minimum atomic E-state index is -0.649. The Morgan fingerprint density at radius 2 is 1.58 bits per heavy atom. The molecule has 2 N–H and O–H groups in total. The number of primary amides is 1. The van der Waals surface area contributed by atoms with Crippen LogP contribution < -0.4 is 10.5 Å². The molecule has 2 aromatic heterocycles. The first kappa shape index (κ1) is 20.0. The number of fused-ring (bicyclic) bond motifs is 1. The van der Waals surface area contributed by atoms with Gasteiger partial charge >= 0.3 is 0 Å². The maximum Gasteiger partial charge on any atom is 0.269 e. The van der Waals surface area contributed by atoms with E-state index in [1.165, 1.54) is 16.6 Å². The lowest BCUT2D eigenvalue weighted by atomic mass is 10.1. The van der Waals surface area contributed by atoms with E-state index in [1.54, 1.807) is 41.1 Å². The van der Waals surface area contributed by atoms with Crippen LogP contribution in [-0.4, -0.2) is 25.0 Å². The topological polar surface area (TPSA) is 118 Å². The van der Waals surface area contributed by atoms with Gasteiger partial charge in [-0.3, -0.25) is 19.5 Å². The summed E-state index contributed by atoms with van der Waals surface area (Å²) in [6.07, 6.45) is 1.56. The van der Waals surface area contributed by atoms with Crippen LogP contribution in [-0.2, 0) is 0 Å². The van der Waals surface area contributed by atoms with Gasteiger partial charge in [0.2, 0.25) is 0 Å². The molecule has 0 spiro atoms. The van der Waals surface area contributed by atoms with Gasteiger partial charge < -0.3 is 10.5 Å². The average molecular weight is 439 g/mol. The summed E-state index contributed by atoms with van der Waals surface area (Å²) in [6.45, 7) is 0. The molecular weight excluding hydrogens is 422 g/mol. The summed E-state index contributed by atoms with van der Waals surface area (Å²) in [4.78, 5) is 23.1. The lowest BCUT2D eigenvalue weighted by Crippen LogP contribution is -2.15. The number of non-ortho nitro benzene ring substituents is 1. The van der Waals surface area contributed by atoms with Crippen molar-refractivity contribution in [2.75, 3.05) is 0 Å². The number of ether oxygens (including phenoxy) is 1. The number of aromatic nitrogens is 3. The molecule has 9 heteroatoms. The quantitative estimate of drug-likeness (QED) is 0.307. The summed E-state index contributed by atoms with van der Waals surface area (Å²) >= 11 is 0. The zero-order valence-corrected chi connectivity index (χ0v) is 17.2. The number of carbonyl (C=O) groups is 1. The number of amides is 1. The Balaban J connectivity index is 1.65. The largest absolute Gasteiger partial charge is 0.457 e. The third-order valence-electron chi connectivity index (χ3n) is 5.17. The van der Waals surface area contributed by atoms with Crippen LogP contribution in [0.4, 0.5) is 5.69 Å². The number of nitrogens with two attached hydrogens (primary N) is 1. The highest BCUT2D eigenvalue weighted by Gasteiger charge is 2.24. The van der Waals surface area contributed by atoms with Crippen molar-refractivity contribution in [3.8, 4) is 28.4 Å². The number of para-hydroxylation sites is 1. The second-order valence-electron chi connectivity index (χ2n) is 7.21. The normalized spacial score (nSPS) is 10.9. The third-order valence-corrected chi connectivity index (χ3v) is 5.17. The first-order chi connectivity index (χ1) is 16.0. The molecule has 0 saturated heterocycles. The summed E-state index contributed by atoms with van der Waals surface area (Å²) < 4.78 is 9.12. The number of nitro benzene ring substituents is 1. The van der Waals surface area contributed by atoms with Gasteiger partial charge in [-0.15, -0.1) is 0 Å². The Kier molecular flexibility index (Phi) is 4.83. The van der Waals surface area contributed by atoms with Crippen LogP contribution in [0.15, 0.2) is 91.1 Å². The van der Waals surface area contributed by atoms with Gasteiger partial charge in [-0.25, -0.2) is 4.52 Å². The molecule has 0 radical (unpaired) electrons. The van der Waals surface area contributed by atoms with Gasteiger partial charge in [0, 0.05) is 29.4 Å². The van der Waals surface area contributed by atoms with Gasteiger partial charge in [-0.1, -0.05) is 18.2 Å². The smallest absolute Gasteiger partial charge is 0.269 e. The Labute approximate surface area is 187 Å². The average Bonchev–Trinajstić information content (AvgIpc) is 3.41. The lowest BCUT2D eigenvalue weighted by molar-refractivity contribution is -0.384. The first-order valence-electron chi connectivity index (χ1n) is 9.99. The van der Waals surface area contributed by atoms with E-state index in [4.69, 9.17) is 10.5 Å². The molecular formula is C24H17N5O4. The van der Waals surface area contributed by atoms with Crippen LogP contribution >= 0.6 is 0 Å². The van der Waals surface area contributed by atoms with Crippen LogP contribution in [0.3, 0.4) is 0 Å². The van der Waals surface area contributed by atoms with E-state index in [0.29, 0.717) is 34.1 Å². The number of rotatable bonds is 6. The fraction of sp³-hybridized carbons (Fsp3) is 0. The van der Waals surface area contributed by atoms with Gasteiger partial charge in [0.25, 0.3) is 11.6 Å². The molecule has 0 aliphatic carbocycles. The zero-order valence-electron chi connectivity index (χ0n) is 17.2. The number of benzene rings is 3. The van der Waals surface area contributed by atoms with Crippen molar-refractivity contribution in [2.45, 2.75) is 0 Å². The lowest BCUT2D eigenvalue weighted by Gasteiger charge is -2.12. The molecule has 0 bridgehead atoms. The molecule has 5 aromatic rings. The van der Waals surface area contributed by atoms with E-state index in [-0.39, 0.29) is 11.4 Å². The Hall–Kier alpha value is -4.92. The minimum Gasteiger partial charge on any atom is -0.457 e.